The molecule has 0 spiro atoms. The number of piperidine rings is 1. The summed E-state index contributed by atoms with van der Waals surface area (Å²) in [6.07, 6.45) is 3.17. The Morgan fingerprint density at radius 1 is 0.946 bits per heavy atom. The lowest BCUT2D eigenvalue weighted by atomic mass is 9.89. The van der Waals surface area contributed by atoms with Crippen molar-refractivity contribution in [2.75, 3.05) is 19.7 Å². The molecule has 0 unspecified atom stereocenters. The van der Waals surface area contributed by atoms with Crippen molar-refractivity contribution in [1.82, 2.24) is 34.9 Å². The average Bonchev–Trinajstić information content (AvgIpc) is 3.78. The molecule has 6 rings (SSSR count). The molecule has 1 aliphatic heterocycles. The van der Waals surface area contributed by atoms with Crippen LogP contribution in [0.4, 0.5) is 4.79 Å². The second kappa shape index (κ2) is 16.3. The monoisotopic (exact) mass is 779 g/mol. The van der Waals surface area contributed by atoms with Crippen LogP contribution in [0.3, 0.4) is 0 Å². The van der Waals surface area contributed by atoms with Gasteiger partial charge in [-0.1, -0.05) is 82.0 Å². The first kappa shape index (κ1) is 40.8. The molecule has 0 saturated carbocycles. The van der Waals surface area contributed by atoms with Crippen molar-refractivity contribution in [2.45, 2.75) is 117 Å². The highest BCUT2D eigenvalue weighted by Crippen LogP contribution is 2.35. The van der Waals surface area contributed by atoms with Crippen molar-refractivity contribution in [1.29, 1.82) is 0 Å². The predicted octanol–water partition coefficient (Wildman–Crippen LogP) is 9.11. The topological polar surface area (TPSA) is 138 Å². The third-order valence-corrected chi connectivity index (χ3v) is 11.8. The highest BCUT2D eigenvalue weighted by atomic mass is 28.3. The van der Waals surface area contributed by atoms with Crippen molar-refractivity contribution in [3.8, 4) is 22.5 Å². The molecule has 0 atom stereocenters. The molecular weight excluding hydrogens is 723 g/mol. The van der Waals surface area contributed by atoms with Crippen LogP contribution in [0, 0.1) is 6.92 Å². The fraction of sp³-hybridized carbons (Fsp3) is 0.488. The summed E-state index contributed by atoms with van der Waals surface area (Å²) in [5.41, 5.74) is 7.08. The second-order valence-corrected chi connectivity index (χ2v) is 23.7. The highest BCUT2D eigenvalue weighted by Gasteiger charge is 2.28. The van der Waals surface area contributed by atoms with E-state index in [2.05, 4.69) is 76.1 Å². The van der Waals surface area contributed by atoms with Crippen molar-refractivity contribution >= 4 is 31.1 Å². The van der Waals surface area contributed by atoms with Crippen molar-refractivity contribution in [3.05, 3.63) is 83.3 Å². The normalized spacial score (nSPS) is 14.4. The maximum absolute atomic E-state index is 12.8. The van der Waals surface area contributed by atoms with E-state index in [9.17, 15) is 9.59 Å². The van der Waals surface area contributed by atoms with Gasteiger partial charge in [0, 0.05) is 50.7 Å². The van der Waals surface area contributed by atoms with E-state index in [0.29, 0.717) is 44.7 Å². The van der Waals surface area contributed by atoms with Gasteiger partial charge in [0.1, 0.15) is 24.3 Å². The number of ether oxygens (including phenoxy) is 2. The summed E-state index contributed by atoms with van der Waals surface area (Å²) in [6.45, 7) is 23.4. The number of carbonyl (C=O) groups is 2. The first-order valence-corrected chi connectivity index (χ1v) is 23.3. The van der Waals surface area contributed by atoms with E-state index < -0.39 is 19.6 Å². The van der Waals surface area contributed by atoms with Gasteiger partial charge in [0.05, 0.1) is 11.4 Å². The van der Waals surface area contributed by atoms with E-state index in [-0.39, 0.29) is 17.4 Å². The van der Waals surface area contributed by atoms with Crippen LogP contribution >= 0.6 is 0 Å². The Balaban J connectivity index is 1.23. The molecule has 4 heterocycles. The molecule has 1 N–H and O–H groups in total. The minimum atomic E-state index is -1.28. The fourth-order valence-corrected chi connectivity index (χ4v) is 7.51. The Morgan fingerprint density at radius 2 is 1.64 bits per heavy atom. The number of benzene rings is 2. The molecule has 3 aromatic heterocycles. The summed E-state index contributed by atoms with van der Waals surface area (Å²) < 4.78 is 19.3. The van der Waals surface area contributed by atoms with Crippen LogP contribution < -0.4 is 5.32 Å². The molecule has 1 fully saturated rings. The van der Waals surface area contributed by atoms with Gasteiger partial charge >= 0.3 is 17.9 Å². The van der Waals surface area contributed by atoms with E-state index >= 15 is 0 Å². The van der Waals surface area contributed by atoms with Crippen LogP contribution in [-0.4, -0.2) is 74.9 Å². The number of hydrogen-bond donors (Lipinski definition) is 1. The summed E-state index contributed by atoms with van der Waals surface area (Å²) in [5.74, 6) is 0.398. The van der Waals surface area contributed by atoms with Gasteiger partial charge in [-0.15, -0.1) is 0 Å². The molecule has 0 bridgehead atoms. The van der Waals surface area contributed by atoms with Gasteiger partial charge in [-0.25, -0.2) is 14.8 Å². The maximum Gasteiger partial charge on any atom is 0.410 e. The first-order valence-electron chi connectivity index (χ1n) is 19.6. The third-order valence-electron chi connectivity index (χ3n) is 10.1. The Hall–Kier alpha value is -4.88. The largest absolute Gasteiger partial charge is 0.444 e. The number of nitrogens with one attached hydrogen (secondary N) is 1. The maximum atomic E-state index is 12.8. The smallest absolute Gasteiger partial charge is 0.410 e. The Labute approximate surface area is 331 Å². The molecule has 2 amide bonds. The zero-order valence-electron chi connectivity index (χ0n) is 34.7. The predicted molar refractivity (Wildman–Crippen MR) is 221 cm³/mol. The van der Waals surface area contributed by atoms with E-state index in [0.717, 1.165) is 63.6 Å². The lowest BCUT2D eigenvalue weighted by molar-refractivity contribution is 0.0204. The molecule has 2 aromatic carbocycles. The number of nitrogens with zero attached hydrogens (tertiary/aromatic N) is 6. The summed E-state index contributed by atoms with van der Waals surface area (Å²) in [4.78, 5) is 41.1. The molecule has 12 nitrogen and oxygen atoms in total. The standard InChI is InChI=1S/C43H57N7O5Si/c1-28-23-32(15-16-33(28)25-44-38(51)39-47-40(48-55-39)42(2,3)4)36-34-24-35(50(37(34)46-26-45-36)27-53-21-22-56(8,9)10)31-13-11-29(12-14-31)30-17-19-49(20-18-30)41(52)54-43(5,6)7/h11-16,23-24,26,30H,17-22,25,27H2,1-10H3,(H,44,51). The number of likely N-dealkylation sites (tertiary alicyclic amines) is 1. The number of rotatable bonds is 11. The molecule has 298 valence electrons. The molecule has 13 heteroatoms. The summed E-state index contributed by atoms with van der Waals surface area (Å²) in [6, 6.07) is 18.2. The molecule has 1 aliphatic rings. The van der Waals surface area contributed by atoms with E-state index in [1.54, 1.807) is 6.33 Å². The Morgan fingerprint density at radius 3 is 2.27 bits per heavy atom. The first-order chi connectivity index (χ1) is 26.4. The van der Waals surface area contributed by atoms with Crippen LogP contribution in [0.15, 0.2) is 59.4 Å². The van der Waals surface area contributed by atoms with E-state index in [4.69, 9.17) is 24.0 Å². The van der Waals surface area contributed by atoms with Gasteiger partial charge in [-0.2, -0.15) is 4.98 Å². The quantitative estimate of drug-likeness (QED) is 0.103. The number of aromatic nitrogens is 5. The van der Waals surface area contributed by atoms with Gasteiger partial charge in [-0.05, 0) is 86.9 Å². The van der Waals surface area contributed by atoms with E-state index in [1.807, 2.05) is 65.5 Å². The van der Waals surface area contributed by atoms with E-state index in [1.165, 1.54) is 5.56 Å². The second-order valence-electron chi connectivity index (χ2n) is 18.1. The number of carbonyl (C=O) groups excluding carboxylic acids is 2. The van der Waals surface area contributed by atoms with Crippen LogP contribution in [0.25, 0.3) is 33.5 Å². The summed E-state index contributed by atoms with van der Waals surface area (Å²) in [5, 5.41) is 7.81. The number of fused-ring (bicyclic) bond motifs is 1. The molecule has 5 aromatic rings. The number of aryl methyl sites for hydroxylation is 1. The average molecular weight is 780 g/mol. The van der Waals surface area contributed by atoms with Crippen molar-refractivity contribution in [2.24, 2.45) is 0 Å². The molecule has 1 saturated heterocycles. The van der Waals surface area contributed by atoms with Gasteiger partial charge in [0.25, 0.3) is 0 Å². The summed E-state index contributed by atoms with van der Waals surface area (Å²) >= 11 is 0. The minimum Gasteiger partial charge on any atom is -0.444 e. The minimum absolute atomic E-state index is 0.0485. The van der Waals surface area contributed by atoms with Gasteiger partial charge in [0.2, 0.25) is 0 Å². The molecular formula is C43H57N7O5Si. The number of amides is 2. The molecule has 0 radical (unpaired) electrons. The lowest BCUT2D eigenvalue weighted by Crippen LogP contribution is -2.41. The van der Waals surface area contributed by atoms with Crippen LogP contribution in [0.5, 0.6) is 0 Å². The molecule has 0 aliphatic carbocycles. The van der Waals surface area contributed by atoms with Crippen LogP contribution in [0.2, 0.25) is 25.7 Å². The van der Waals surface area contributed by atoms with Crippen LogP contribution in [-0.2, 0) is 28.2 Å². The molecule has 56 heavy (non-hydrogen) atoms. The van der Waals surface area contributed by atoms with Gasteiger partial charge < -0.3 is 28.8 Å². The van der Waals surface area contributed by atoms with Crippen molar-refractivity contribution < 1.29 is 23.6 Å². The fourth-order valence-electron chi connectivity index (χ4n) is 6.76. The van der Waals surface area contributed by atoms with Gasteiger partial charge in [0.15, 0.2) is 5.82 Å². The van der Waals surface area contributed by atoms with Gasteiger partial charge in [-0.3, -0.25) is 4.79 Å². The lowest BCUT2D eigenvalue weighted by Gasteiger charge is -2.33. The SMILES string of the molecule is Cc1cc(-c2ncnc3c2cc(-c2ccc(C4CCN(C(=O)OC(C)(C)C)CC4)cc2)n3COCC[Si](C)(C)C)ccc1CNC(=O)c1nc(C(C)(C)C)no1. The Bertz CT molecular complexity index is 2170. The number of hydrogen-bond acceptors (Lipinski definition) is 9. The van der Waals surface area contributed by atoms with Crippen LogP contribution in [0.1, 0.15) is 93.5 Å². The third kappa shape index (κ3) is 9.91. The zero-order valence-corrected chi connectivity index (χ0v) is 35.7. The van der Waals surface area contributed by atoms with Crippen molar-refractivity contribution in [3.63, 3.8) is 0 Å². The Kier molecular flexibility index (Phi) is 11.9. The highest BCUT2D eigenvalue weighted by molar-refractivity contribution is 6.76. The zero-order chi connectivity index (χ0) is 40.4. The summed E-state index contributed by atoms with van der Waals surface area (Å²) in [7, 11) is -1.28.